The lowest BCUT2D eigenvalue weighted by Gasteiger charge is -2.05. The molecule has 86 valence electrons. The van der Waals surface area contributed by atoms with Gasteiger partial charge in [0.15, 0.2) is 5.69 Å². The van der Waals surface area contributed by atoms with Crippen molar-refractivity contribution < 1.29 is 9.90 Å². The second-order valence-electron chi connectivity index (χ2n) is 3.27. The van der Waals surface area contributed by atoms with Crippen molar-refractivity contribution in [2.45, 2.75) is 0 Å². The molecule has 5 nitrogen and oxygen atoms in total. The first-order valence-electron chi connectivity index (χ1n) is 4.70. The summed E-state index contributed by atoms with van der Waals surface area (Å²) in [6.07, 6.45) is 1.56. The Morgan fingerprint density at radius 1 is 1.35 bits per heavy atom. The number of nitrogen functional groups attached to an aromatic ring is 1. The van der Waals surface area contributed by atoms with E-state index in [4.69, 9.17) is 22.4 Å². The number of carboxylic acids is 1. The predicted octanol–water partition coefficient (Wildman–Crippen LogP) is 2.08. The van der Waals surface area contributed by atoms with E-state index in [1.807, 2.05) is 0 Å². The summed E-state index contributed by atoms with van der Waals surface area (Å²) in [5, 5.41) is 9.31. The molecule has 2 heterocycles. The van der Waals surface area contributed by atoms with Gasteiger partial charge in [-0.25, -0.2) is 9.78 Å². The van der Waals surface area contributed by atoms with Gasteiger partial charge in [0.05, 0.1) is 16.4 Å². The lowest BCUT2D eigenvalue weighted by Crippen LogP contribution is -2.06. The second kappa shape index (κ2) is 4.39. The van der Waals surface area contributed by atoms with Crippen LogP contribution in [-0.2, 0) is 0 Å². The minimum absolute atomic E-state index is 0.105. The van der Waals surface area contributed by atoms with E-state index in [-0.39, 0.29) is 11.4 Å². The Balaban J connectivity index is 2.58. The molecule has 0 aromatic carbocycles. The molecule has 0 saturated heterocycles. The number of nitrogens with zero attached hydrogens (tertiary/aromatic N) is 2. The van der Waals surface area contributed by atoms with E-state index in [2.05, 4.69) is 9.97 Å². The molecule has 17 heavy (non-hydrogen) atoms. The Bertz CT molecular complexity index is 587. The van der Waals surface area contributed by atoms with Crippen LogP contribution < -0.4 is 5.73 Å². The maximum atomic E-state index is 10.9. The van der Waals surface area contributed by atoms with Gasteiger partial charge in [0.25, 0.3) is 0 Å². The van der Waals surface area contributed by atoms with Gasteiger partial charge >= 0.3 is 5.97 Å². The first kappa shape index (κ1) is 11.3. The van der Waals surface area contributed by atoms with Gasteiger partial charge in [-0.05, 0) is 24.3 Å². The van der Waals surface area contributed by atoms with Gasteiger partial charge in [0, 0.05) is 6.20 Å². The number of hydrogen-bond donors (Lipinski definition) is 2. The zero-order valence-corrected chi connectivity index (χ0v) is 9.35. The first-order chi connectivity index (χ1) is 8.09. The van der Waals surface area contributed by atoms with Crippen LogP contribution >= 0.6 is 11.6 Å². The summed E-state index contributed by atoms with van der Waals surface area (Å²) in [7, 11) is 0. The molecule has 2 aromatic heterocycles. The van der Waals surface area contributed by atoms with Crippen LogP contribution in [0.5, 0.6) is 0 Å². The molecule has 0 fully saturated rings. The summed E-state index contributed by atoms with van der Waals surface area (Å²) in [6.45, 7) is 0. The third-order valence-electron chi connectivity index (χ3n) is 2.13. The van der Waals surface area contributed by atoms with E-state index >= 15 is 0 Å². The third-order valence-corrected chi connectivity index (χ3v) is 2.44. The molecule has 0 unspecified atom stereocenters. The van der Waals surface area contributed by atoms with Gasteiger partial charge in [-0.1, -0.05) is 11.6 Å². The summed E-state index contributed by atoms with van der Waals surface area (Å²) in [6, 6.07) is 6.39. The number of aromatic carboxylic acids is 1. The van der Waals surface area contributed by atoms with Gasteiger partial charge in [-0.2, -0.15) is 0 Å². The van der Waals surface area contributed by atoms with E-state index < -0.39 is 5.97 Å². The van der Waals surface area contributed by atoms with Crippen LogP contribution in [0.25, 0.3) is 11.4 Å². The summed E-state index contributed by atoms with van der Waals surface area (Å²) in [5.41, 5.74) is 6.21. The fourth-order valence-corrected chi connectivity index (χ4v) is 1.57. The van der Waals surface area contributed by atoms with Crippen LogP contribution in [0.15, 0.2) is 30.5 Å². The molecule has 0 saturated carbocycles. The lowest BCUT2D eigenvalue weighted by atomic mass is 10.2. The number of anilines is 1. The Labute approximate surface area is 102 Å². The Morgan fingerprint density at radius 2 is 2.12 bits per heavy atom. The fourth-order valence-electron chi connectivity index (χ4n) is 1.35. The smallest absolute Gasteiger partial charge is 0.356 e. The van der Waals surface area contributed by atoms with Crippen molar-refractivity contribution in [3.05, 3.63) is 41.2 Å². The monoisotopic (exact) mass is 249 g/mol. The number of pyridine rings is 2. The van der Waals surface area contributed by atoms with Crippen molar-refractivity contribution >= 4 is 23.3 Å². The second-order valence-corrected chi connectivity index (χ2v) is 3.68. The first-order valence-corrected chi connectivity index (χ1v) is 5.08. The lowest BCUT2D eigenvalue weighted by molar-refractivity contribution is 0.0692. The van der Waals surface area contributed by atoms with Crippen LogP contribution in [0.4, 0.5) is 5.69 Å². The maximum Gasteiger partial charge on any atom is 0.356 e. The number of nitrogens with two attached hydrogens (primary N) is 1. The number of aromatic nitrogens is 2. The zero-order chi connectivity index (χ0) is 12.4. The zero-order valence-electron chi connectivity index (χ0n) is 8.59. The average Bonchev–Trinajstić information content (AvgIpc) is 2.30. The number of rotatable bonds is 2. The summed E-state index contributed by atoms with van der Waals surface area (Å²) in [5.74, 6) is -1.18. The Kier molecular flexibility index (Phi) is 2.93. The highest BCUT2D eigenvalue weighted by Crippen LogP contribution is 2.24. The number of halogens is 1. The minimum Gasteiger partial charge on any atom is -0.476 e. The topological polar surface area (TPSA) is 89.1 Å². The van der Waals surface area contributed by atoms with Crippen LogP contribution in [0.2, 0.25) is 5.02 Å². The summed E-state index contributed by atoms with van der Waals surface area (Å²) < 4.78 is 0. The average molecular weight is 250 g/mol. The standard InChI is InChI=1S/C11H8ClN3O2/c12-6-2-1-5-14-9(6)8-4-3-7(13)10(15-8)11(16)17/h1-5H,13H2,(H,16,17). The van der Waals surface area contributed by atoms with E-state index in [1.165, 1.54) is 6.07 Å². The van der Waals surface area contributed by atoms with Crippen LogP contribution in [0.3, 0.4) is 0 Å². The quantitative estimate of drug-likeness (QED) is 0.851. The number of carboxylic acid groups (broad SMARTS) is 1. The van der Waals surface area contributed by atoms with Gasteiger partial charge in [-0.15, -0.1) is 0 Å². The largest absolute Gasteiger partial charge is 0.476 e. The van der Waals surface area contributed by atoms with Gasteiger partial charge in [-0.3, -0.25) is 4.98 Å². The van der Waals surface area contributed by atoms with Crippen LogP contribution in [-0.4, -0.2) is 21.0 Å². The van der Waals surface area contributed by atoms with E-state index in [9.17, 15) is 4.79 Å². The van der Waals surface area contributed by atoms with Crippen molar-refractivity contribution in [2.75, 3.05) is 5.73 Å². The van der Waals surface area contributed by atoms with Gasteiger partial charge < -0.3 is 10.8 Å². The molecule has 0 amide bonds. The Morgan fingerprint density at radius 3 is 2.76 bits per heavy atom. The fraction of sp³-hybridized carbons (Fsp3) is 0. The molecule has 0 aliphatic rings. The highest BCUT2D eigenvalue weighted by molar-refractivity contribution is 6.32. The van der Waals surface area contributed by atoms with E-state index in [0.29, 0.717) is 16.4 Å². The molecular weight excluding hydrogens is 242 g/mol. The molecule has 6 heteroatoms. The maximum absolute atomic E-state index is 10.9. The number of carbonyl (C=O) groups is 1. The van der Waals surface area contributed by atoms with E-state index in [0.717, 1.165) is 0 Å². The van der Waals surface area contributed by atoms with Crippen LogP contribution in [0.1, 0.15) is 10.5 Å². The molecule has 0 spiro atoms. The van der Waals surface area contributed by atoms with Crippen LogP contribution in [0, 0.1) is 0 Å². The highest BCUT2D eigenvalue weighted by Gasteiger charge is 2.13. The Hall–Kier alpha value is -2.14. The molecule has 0 atom stereocenters. The van der Waals surface area contributed by atoms with Crippen molar-refractivity contribution in [1.82, 2.24) is 9.97 Å². The van der Waals surface area contributed by atoms with Gasteiger partial charge in [0.1, 0.15) is 5.69 Å². The molecule has 2 rings (SSSR count). The minimum atomic E-state index is -1.18. The van der Waals surface area contributed by atoms with Crippen molar-refractivity contribution in [3.63, 3.8) is 0 Å². The molecule has 0 radical (unpaired) electrons. The SMILES string of the molecule is Nc1ccc(-c2ncccc2Cl)nc1C(=O)O. The molecule has 0 aliphatic heterocycles. The third kappa shape index (κ3) is 2.19. The molecule has 3 N–H and O–H groups in total. The van der Waals surface area contributed by atoms with E-state index in [1.54, 1.807) is 24.4 Å². The summed E-state index contributed by atoms with van der Waals surface area (Å²) in [4.78, 5) is 18.9. The molecule has 2 aromatic rings. The van der Waals surface area contributed by atoms with Crippen molar-refractivity contribution in [1.29, 1.82) is 0 Å². The molecule has 0 bridgehead atoms. The van der Waals surface area contributed by atoms with Gasteiger partial charge in [0.2, 0.25) is 0 Å². The summed E-state index contributed by atoms with van der Waals surface area (Å²) >= 11 is 5.95. The predicted molar refractivity (Wildman–Crippen MR) is 63.8 cm³/mol. The normalized spacial score (nSPS) is 10.2. The molecule has 0 aliphatic carbocycles. The molecular formula is C11H8ClN3O2. The van der Waals surface area contributed by atoms with Crippen molar-refractivity contribution in [3.8, 4) is 11.4 Å². The van der Waals surface area contributed by atoms with Crippen molar-refractivity contribution in [2.24, 2.45) is 0 Å². The highest BCUT2D eigenvalue weighted by atomic mass is 35.5. The number of hydrogen-bond acceptors (Lipinski definition) is 4.